The van der Waals surface area contributed by atoms with Crippen LogP contribution in [0.3, 0.4) is 0 Å². The molecule has 0 aliphatic heterocycles. The number of hydrogen-bond donors (Lipinski definition) is 2. The first kappa shape index (κ1) is 14.2. The van der Waals surface area contributed by atoms with Gasteiger partial charge >= 0.3 is 0 Å². The molecule has 5 nitrogen and oxygen atoms in total. The van der Waals surface area contributed by atoms with Crippen molar-refractivity contribution >= 4 is 22.8 Å². The van der Waals surface area contributed by atoms with Gasteiger partial charge in [-0.3, -0.25) is 4.79 Å². The van der Waals surface area contributed by atoms with E-state index < -0.39 is 5.91 Å². The van der Waals surface area contributed by atoms with Crippen LogP contribution in [0.25, 0.3) is 11.0 Å². The van der Waals surface area contributed by atoms with Crippen LogP contribution in [0.2, 0.25) is 0 Å². The van der Waals surface area contributed by atoms with Gasteiger partial charge in [0.05, 0.1) is 11.0 Å². The number of unbranched alkanes of at least 4 members (excludes halogenated alkanes) is 1. The van der Waals surface area contributed by atoms with Crippen molar-refractivity contribution in [2.75, 3.05) is 11.9 Å². The average molecular weight is 272 g/mol. The molecule has 0 aliphatic carbocycles. The van der Waals surface area contributed by atoms with Crippen molar-refractivity contribution in [2.45, 2.75) is 33.6 Å². The van der Waals surface area contributed by atoms with Crippen molar-refractivity contribution in [1.29, 1.82) is 0 Å². The maximum atomic E-state index is 11.5. The maximum Gasteiger partial charge on any atom is 0.271 e. The summed E-state index contributed by atoms with van der Waals surface area (Å²) in [5, 5.41) is 3.15. The fourth-order valence-electron chi connectivity index (χ4n) is 1.99. The Morgan fingerprint density at radius 3 is 2.35 bits per heavy atom. The largest absolute Gasteiger partial charge is 0.368 e. The average Bonchev–Trinajstić information content (AvgIpc) is 2.40. The van der Waals surface area contributed by atoms with Crippen molar-refractivity contribution in [3.63, 3.8) is 0 Å². The Labute approximate surface area is 118 Å². The Bertz CT molecular complexity index is 652. The smallest absolute Gasteiger partial charge is 0.271 e. The van der Waals surface area contributed by atoms with Gasteiger partial charge in [0.25, 0.3) is 5.91 Å². The first-order valence-electron chi connectivity index (χ1n) is 6.85. The molecule has 2 rings (SSSR count). The highest BCUT2D eigenvalue weighted by atomic mass is 16.1. The third-order valence-corrected chi connectivity index (χ3v) is 3.34. The predicted octanol–water partition coefficient (Wildman–Crippen LogP) is 2.56. The standard InChI is InChI=1S/C15H20N4O/c1-4-5-6-17-15-13(14(16)20)18-11-7-9(2)10(3)8-12(11)19-15/h7-8H,4-6H2,1-3H3,(H2,16,20)(H,17,19). The van der Waals surface area contributed by atoms with E-state index in [9.17, 15) is 4.79 Å². The van der Waals surface area contributed by atoms with Crippen LogP contribution < -0.4 is 11.1 Å². The second kappa shape index (κ2) is 5.86. The summed E-state index contributed by atoms with van der Waals surface area (Å²) < 4.78 is 0. The number of fused-ring (bicyclic) bond motifs is 1. The van der Waals surface area contributed by atoms with E-state index >= 15 is 0 Å². The number of anilines is 1. The number of aryl methyl sites for hydroxylation is 2. The lowest BCUT2D eigenvalue weighted by atomic mass is 10.1. The molecule has 0 unspecified atom stereocenters. The van der Waals surface area contributed by atoms with E-state index in [1.807, 2.05) is 26.0 Å². The highest BCUT2D eigenvalue weighted by Gasteiger charge is 2.14. The fraction of sp³-hybridized carbons (Fsp3) is 0.400. The number of hydrogen-bond acceptors (Lipinski definition) is 4. The van der Waals surface area contributed by atoms with E-state index in [2.05, 4.69) is 22.2 Å². The molecule has 2 aromatic rings. The zero-order chi connectivity index (χ0) is 14.7. The van der Waals surface area contributed by atoms with Gasteiger partial charge in [-0.2, -0.15) is 0 Å². The second-order valence-electron chi connectivity index (χ2n) is 4.99. The number of benzene rings is 1. The third-order valence-electron chi connectivity index (χ3n) is 3.34. The number of rotatable bonds is 5. The van der Waals surface area contributed by atoms with Crippen LogP contribution in [0, 0.1) is 13.8 Å². The summed E-state index contributed by atoms with van der Waals surface area (Å²) in [7, 11) is 0. The minimum Gasteiger partial charge on any atom is -0.368 e. The van der Waals surface area contributed by atoms with Crippen molar-refractivity contribution in [3.8, 4) is 0 Å². The number of nitrogens with one attached hydrogen (secondary N) is 1. The summed E-state index contributed by atoms with van der Waals surface area (Å²) >= 11 is 0. The summed E-state index contributed by atoms with van der Waals surface area (Å²) in [6.07, 6.45) is 2.07. The number of amides is 1. The molecule has 3 N–H and O–H groups in total. The van der Waals surface area contributed by atoms with E-state index in [0.717, 1.165) is 36.0 Å². The molecule has 106 valence electrons. The van der Waals surface area contributed by atoms with E-state index in [1.165, 1.54) is 0 Å². The molecule has 0 bridgehead atoms. The molecular weight excluding hydrogens is 252 g/mol. The summed E-state index contributed by atoms with van der Waals surface area (Å²) in [5.41, 5.74) is 9.34. The molecule has 1 heterocycles. The van der Waals surface area contributed by atoms with Crippen molar-refractivity contribution in [2.24, 2.45) is 5.73 Å². The lowest BCUT2D eigenvalue weighted by Crippen LogP contribution is -2.18. The lowest BCUT2D eigenvalue weighted by molar-refractivity contribution is 0.0996. The Morgan fingerprint density at radius 1 is 1.20 bits per heavy atom. The van der Waals surface area contributed by atoms with Gasteiger partial charge in [-0.05, 0) is 43.5 Å². The summed E-state index contributed by atoms with van der Waals surface area (Å²) in [6, 6.07) is 3.91. The topological polar surface area (TPSA) is 80.9 Å². The highest BCUT2D eigenvalue weighted by Crippen LogP contribution is 2.20. The molecular formula is C15H20N4O. The third kappa shape index (κ3) is 2.87. The summed E-state index contributed by atoms with van der Waals surface area (Å²) in [5.74, 6) is -0.0849. The molecule has 0 spiro atoms. The Morgan fingerprint density at radius 2 is 1.80 bits per heavy atom. The second-order valence-corrected chi connectivity index (χ2v) is 4.99. The van der Waals surface area contributed by atoms with Crippen LogP contribution in [0.5, 0.6) is 0 Å². The number of nitrogens with zero attached hydrogens (tertiary/aromatic N) is 2. The molecule has 20 heavy (non-hydrogen) atoms. The minimum absolute atomic E-state index is 0.205. The van der Waals surface area contributed by atoms with E-state index in [-0.39, 0.29) is 5.69 Å². The van der Waals surface area contributed by atoms with Gasteiger partial charge in [-0.15, -0.1) is 0 Å². The first-order chi connectivity index (χ1) is 9.52. The number of aromatic nitrogens is 2. The van der Waals surface area contributed by atoms with Crippen molar-refractivity contribution in [1.82, 2.24) is 9.97 Å². The van der Waals surface area contributed by atoms with Crippen LogP contribution >= 0.6 is 0 Å². The zero-order valence-corrected chi connectivity index (χ0v) is 12.2. The molecule has 1 amide bonds. The number of carbonyl (C=O) groups is 1. The van der Waals surface area contributed by atoms with Gasteiger partial charge in [0.15, 0.2) is 11.5 Å². The van der Waals surface area contributed by atoms with Gasteiger partial charge in [-0.1, -0.05) is 13.3 Å². The molecule has 0 fully saturated rings. The van der Waals surface area contributed by atoms with Crippen LogP contribution in [0.4, 0.5) is 5.82 Å². The minimum atomic E-state index is -0.559. The molecule has 1 aromatic carbocycles. The first-order valence-corrected chi connectivity index (χ1v) is 6.85. The number of nitrogens with two attached hydrogens (primary N) is 1. The normalized spacial score (nSPS) is 10.8. The SMILES string of the molecule is CCCCNc1nc2cc(C)c(C)cc2nc1C(N)=O. The van der Waals surface area contributed by atoms with Crippen LogP contribution in [-0.2, 0) is 0 Å². The Kier molecular flexibility index (Phi) is 4.17. The van der Waals surface area contributed by atoms with E-state index in [0.29, 0.717) is 11.3 Å². The quantitative estimate of drug-likeness (QED) is 0.820. The monoisotopic (exact) mass is 272 g/mol. The van der Waals surface area contributed by atoms with Crippen LogP contribution in [0.15, 0.2) is 12.1 Å². The Balaban J connectivity index is 2.51. The fourth-order valence-corrected chi connectivity index (χ4v) is 1.99. The van der Waals surface area contributed by atoms with Crippen LogP contribution in [0.1, 0.15) is 41.4 Å². The molecule has 5 heteroatoms. The van der Waals surface area contributed by atoms with Crippen molar-refractivity contribution in [3.05, 3.63) is 29.0 Å². The summed E-state index contributed by atoms with van der Waals surface area (Å²) in [4.78, 5) is 20.4. The van der Waals surface area contributed by atoms with Crippen molar-refractivity contribution < 1.29 is 4.79 Å². The number of carbonyl (C=O) groups excluding carboxylic acids is 1. The molecule has 0 atom stereocenters. The van der Waals surface area contributed by atoms with Gasteiger partial charge in [0.2, 0.25) is 0 Å². The molecule has 0 saturated carbocycles. The van der Waals surface area contributed by atoms with Gasteiger partial charge in [0, 0.05) is 6.54 Å². The molecule has 0 saturated heterocycles. The van der Waals surface area contributed by atoms with Gasteiger partial charge in [0.1, 0.15) is 0 Å². The lowest BCUT2D eigenvalue weighted by Gasteiger charge is -2.10. The van der Waals surface area contributed by atoms with Gasteiger partial charge in [-0.25, -0.2) is 9.97 Å². The molecule has 0 aliphatic rings. The predicted molar refractivity (Wildman–Crippen MR) is 80.9 cm³/mol. The summed E-state index contributed by atoms with van der Waals surface area (Å²) in [6.45, 7) is 6.90. The molecule has 1 aromatic heterocycles. The maximum absolute atomic E-state index is 11.5. The highest BCUT2D eigenvalue weighted by molar-refractivity contribution is 5.97. The zero-order valence-electron chi connectivity index (χ0n) is 12.2. The molecule has 0 radical (unpaired) electrons. The van der Waals surface area contributed by atoms with Gasteiger partial charge < -0.3 is 11.1 Å². The number of primary amides is 1. The van der Waals surface area contributed by atoms with Crippen LogP contribution in [-0.4, -0.2) is 22.4 Å². The van der Waals surface area contributed by atoms with E-state index in [4.69, 9.17) is 5.73 Å². The van der Waals surface area contributed by atoms with E-state index in [1.54, 1.807) is 0 Å². The Hall–Kier alpha value is -2.17.